The third-order valence-electron chi connectivity index (χ3n) is 5.01. The molecule has 0 spiro atoms. The van der Waals surface area contributed by atoms with Crippen molar-refractivity contribution in [2.45, 2.75) is 0 Å². The largest absolute Gasteiger partial charge is 0.451 e. The van der Waals surface area contributed by atoms with Crippen molar-refractivity contribution < 1.29 is 23.9 Å². The van der Waals surface area contributed by atoms with Gasteiger partial charge >= 0.3 is 5.97 Å². The van der Waals surface area contributed by atoms with E-state index in [9.17, 15) is 24.4 Å². The van der Waals surface area contributed by atoms with Crippen molar-refractivity contribution in [3.05, 3.63) is 106 Å². The van der Waals surface area contributed by atoms with E-state index in [0.29, 0.717) is 11.1 Å². The van der Waals surface area contributed by atoms with Crippen molar-refractivity contribution in [2.24, 2.45) is 0 Å². The maximum absolute atomic E-state index is 13.0. The Morgan fingerprint density at radius 2 is 1.48 bits per heavy atom. The van der Waals surface area contributed by atoms with Gasteiger partial charge in [0.1, 0.15) is 11.6 Å². The zero-order valence-corrected chi connectivity index (χ0v) is 17.2. The molecular weight excluding hydrogens is 420 g/mol. The van der Waals surface area contributed by atoms with Crippen LogP contribution in [0.5, 0.6) is 0 Å². The van der Waals surface area contributed by atoms with Crippen LogP contribution >= 0.6 is 0 Å². The summed E-state index contributed by atoms with van der Waals surface area (Å²) >= 11 is 0. The molecule has 1 aliphatic carbocycles. The Kier molecular flexibility index (Phi) is 5.92. The minimum absolute atomic E-state index is 0.0857. The molecule has 3 aromatic carbocycles. The quantitative estimate of drug-likeness (QED) is 0.291. The fourth-order valence-corrected chi connectivity index (χ4v) is 3.50. The maximum Gasteiger partial charge on any atom is 0.349 e. The van der Waals surface area contributed by atoms with Crippen molar-refractivity contribution in [1.29, 1.82) is 5.26 Å². The standard InChI is InChI=1S/C26H16N2O5/c27-14-17(13-16-7-2-1-3-8-16)26(32)33-15-22(29)28-21-12-6-11-20-23(21)25(31)19-10-5-4-9-18(19)24(20)30/h1-13H,15H2,(H,28,29)/b17-13+. The van der Waals surface area contributed by atoms with E-state index in [4.69, 9.17) is 4.74 Å². The van der Waals surface area contributed by atoms with E-state index in [0.717, 1.165) is 0 Å². The molecule has 160 valence electrons. The number of nitriles is 1. The van der Waals surface area contributed by atoms with Gasteiger partial charge in [-0.2, -0.15) is 5.26 Å². The Hall–Kier alpha value is -4.83. The lowest BCUT2D eigenvalue weighted by atomic mass is 9.83. The molecule has 7 heteroatoms. The highest BCUT2D eigenvalue weighted by molar-refractivity contribution is 6.30. The highest BCUT2D eigenvalue weighted by Crippen LogP contribution is 2.31. The number of hydrogen-bond donors (Lipinski definition) is 1. The number of carbonyl (C=O) groups is 4. The Balaban J connectivity index is 1.49. The molecule has 0 heterocycles. The van der Waals surface area contributed by atoms with E-state index in [1.54, 1.807) is 66.7 Å². The molecule has 0 aliphatic heterocycles. The molecule has 0 aromatic heterocycles. The first-order chi connectivity index (χ1) is 16.0. The number of carbonyl (C=O) groups excluding carboxylic acids is 4. The average Bonchev–Trinajstić information content (AvgIpc) is 2.85. The van der Waals surface area contributed by atoms with Crippen molar-refractivity contribution in [3.8, 4) is 6.07 Å². The number of nitrogens with zero attached hydrogens (tertiary/aromatic N) is 1. The molecule has 33 heavy (non-hydrogen) atoms. The summed E-state index contributed by atoms with van der Waals surface area (Å²) in [7, 11) is 0. The topological polar surface area (TPSA) is 113 Å². The normalized spacial score (nSPS) is 12.3. The zero-order chi connectivity index (χ0) is 23.4. The number of rotatable bonds is 5. The van der Waals surface area contributed by atoms with Gasteiger partial charge < -0.3 is 10.1 Å². The molecule has 0 fully saturated rings. The van der Waals surface area contributed by atoms with Crippen LogP contribution in [0.1, 0.15) is 37.4 Å². The fraction of sp³-hybridized carbons (Fsp3) is 0.0385. The van der Waals surface area contributed by atoms with Gasteiger partial charge in [0.05, 0.1) is 11.3 Å². The summed E-state index contributed by atoms with van der Waals surface area (Å²) in [5, 5.41) is 11.8. The van der Waals surface area contributed by atoms with Crippen LogP contribution in [0.2, 0.25) is 0 Å². The van der Waals surface area contributed by atoms with Gasteiger partial charge in [-0.3, -0.25) is 14.4 Å². The van der Waals surface area contributed by atoms with E-state index in [2.05, 4.69) is 5.32 Å². The van der Waals surface area contributed by atoms with E-state index in [1.165, 1.54) is 18.2 Å². The number of hydrogen-bond acceptors (Lipinski definition) is 6. The monoisotopic (exact) mass is 436 g/mol. The molecule has 1 amide bonds. The first-order valence-corrected chi connectivity index (χ1v) is 9.95. The molecule has 0 saturated carbocycles. The average molecular weight is 436 g/mol. The Morgan fingerprint density at radius 3 is 2.18 bits per heavy atom. The van der Waals surface area contributed by atoms with Crippen LogP contribution in [-0.4, -0.2) is 30.0 Å². The van der Waals surface area contributed by atoms with Crippen LogP contribution < -0.4 is 5.32 Å². The minimum atomic E-state index is -0.952. The van der Waals surface area contributed by atoms with Crippen molar-refractivity contribution in [3.63, 3.8) is 0 Å². The van der Waals surface area contributed by atoms with E-state index < -0.39 is 18.5 Å². The van der Waals surface area contributed by atoms with Crippen LogP contribution in [0, 0.1) is 11.3 Å². The molecule has 0 bridgehead atoms. The van der Waals surface area contributed by atoms with Crippen LogP contribution in [-0.2, 0) is 14.3 Å². The van der Waals surface area contributed by atoms with Crippen molar-refractivity contribution >= 4 is 35.2 Å². The first kappa shape index (κ1) is 21.4. The lowest BCUT2D eigenvalue weighted by Crippen LogP contribution is -2.26. The van der Waals surface area contributed by atoms with Gasteiger partial charge in [0, 0.05) is 16.7 Å². The summed E-state index contributed by atoms with van der Waals surface area (Å²) in [6, 6.07) is 21.5. The third-order valence-corrected chi connectivity index (χ3v) is 5.01. The smallest absolute Gasteiger partial charge is 0.349 e. The number of fused-ring (bicyclic) bond motifs is 2. The summed E-state index contributed by atoms with van der Waals surface area (Å²) in [4.78, 5) is 50.4. The third kappa shape index (κ3) is 4.31. The second-order valence-corrected chi connectivity index (χ2v) is 7.14. The number of ketones is 2. The van der Waals surface area contributed by atoms with Gasteiger partial charge in [-0.1, -0.05) is 66.7 Å². The van der Waals surface area contributed by atoms with Gasteiger partial charge in [0.25, 0.3) is 5.91 Å². The van der Waals surface area contributed by atoms with Crippen LogP contribution in [0.15, 0.2) is 78.4 Å². The zero-order valence-electron chi connectivity index (χ0n) is 17.2. The number of anilines is 1. The summed E-state index contributed by atoms with van der Waals surface area (Å²) in [6.45, 7) is -0.672. The van der Waals surface area contributed by atoms with Crippen LogP contribution in [0.3, 0.4) is 0 Å². The summed E-state index contributed by atoms with van der Waals surface area (Å²) in [5.74, 6) is -2.36. The van der Waals surface area contributed by atoms with E-state index in [-0.39, 0.29) is 39.5 Å². The van der Waals surface area contributed by atoms with Gasteiger partial charge in [-0.25, -0.2) is 4.79 Å². The van der Waals surface area contributed by atoms with Gasteiger partial charge in [-0.05, 0) is 17.7 Å². The van der Waals surface area contributed by atoms with Crippen LogP contribution in [0.25, 0.3) is 6.08 Å². The predicted octanol–water partition coefficient (Wildman–Crippen LogP) is 3.55. The number of ether oxygens (including phenoxy) is 1. The Labute approximate surface area is 188 Å². The second-order valence-electron chi connectivity index (χ2n) is 7.14. The second kappa shape index (κ2) is 9.12. The van der Waals surface area contributed by atoms with Crippen molar-refractivity contribution in [2.75, 3.05) is 11.9 Å². The molecule has 7 nitrogen and oxygen atoms in total. The van der Waals surface area contributed by atoms with E-state index >= 15 is 0 Å². The molecule has 3 aromatic rings. The molecule has 1 aliphatic rings. The number of benzene rings is 3. The highest BCUT2D eigenvalue weighted by atomic mass is 16.5. The molecule has 0 saturated heterocycles. The SMILES string of the molecule is N#C/C(=C\c1ccccc1)C(=O)OCC(=O)Nc1cccc2c1C(=O)c1ccccc1C2=O. The van der Waals surface area contributed by atoms with Crippen molar-refractivity contribution in [1.82, 2.24) is 0 Å². The van der Waals surface area contributed by atoms with Gasteiger partial charge in [0.15, 0.2) is 18.2 Å². The Bertz CT molecular complexity index is 1370. The molecule has 0 atom stereocenters. The predicted molar refractivity (Wildman–Crippen MR) is 119 cm³/mol. The lowest BCUT2D eigenvalue weighted by molar-refractivity contribution is -0.142. The number of amides is 1. The van der Waals surface area contributed by atoms with Crippen LogP contribution in [0.4, 0.5) is 5.69 Å². The maximum atomic E-state index is 13.0. The molecule has 1 N–H and O–H groups in total. The number of nitrogens with one attached hydrogen (secondary N) is 1. The first-order valence-electron chi connectivity index (χ1n) is 9.95. The molecule has 0 unspecified atom stereocenters. The molecule has 0 radical (unpaired) electrons. The number of esters is 1. The lowest BCUT2D eigenvalue weighted by Gasteiger charge is -2.20. The van der Waals surface area contributed by atoms with E-state index in [1.807, 2.05) is 0 Å². The van der Waals surface area contributed by atoms with Gasteiger partial charge in [0.2, 0.25) is 0 Å². The summed E-state index contributed by atoms with van der Waals surface area (Å²) in [5.41, 5.74) is 1.35. The molecule has 4 rings (SSSR count). The highest BCUT2D eigenvalue weighted by Gasteiger charge is 2.31. The van der Waals surface area contributed by atoms with Gasteiger partial charge in [-0.15, -0.1) is 0 Å². The fourth-order valence-electron chi connectivity index (χ4n) is 3.50. The summed E-state index contributed by atoms with van der Waals surface area (Å²) < 4.78 is 4.96. The summed E-state index contributed by atoms with van der Waals surface area (Å²) in [6.07, 6.45) is 1.36. The Morgan fingerprint density at radius 1 is 0.848 bits per heavy atom. The minimum Gasteiger partial charge on any atom is -0.451 e. The molecular formula is C26H16N2O5.